The van der Waals surface area contributed by atoms with Gasteiger partial charge in [0.25, 0.3) is 5.82 Å². The molecule has 3 N–H and O–H groups in total. The second kappa shape index (κ2) is 2.81. The van der Waals surface area contributed by atoms with Crippen molar-refractivity contribution < 1.29 is 14.5 Å². The average Bonchev–Trinajstić information content (AvgIpc) is 2.00. The molecule has 0 aliphatic carbocycles. The maximum Gasteiger partial charge on any atom is 0.339 e. The lowest BCUT2D eigenvalue weighted by molar-refractivity contribution is -0.663. The van der Waals surface area contributed by atoms with E-state index in [1.54, 1.807) is 24.6 Å². The summed E-state index contributed by atoms with van der Waals surface area (Å²) >= 11 is 0. The van der Waals surface area contributed by atoms with Gasteiger partial charge in [0, 0.05) is 6.07 Å². The van der Waals surface area contributed by atoms with Gasteiger partial charge in [0.05, 0.1) is 7.05 Å². The van der Waals surface area contributed by atoms with E-state index < -0.39 is 5.97 Å². The number of pyridine rings is 1. The Labute approximate surface area is 70.3 Å². The number of rotatable bonds is 1. The normalized spacial score (nSPS) is 9.83. The molecule has 0 aromatic carbocycles. The van der Waals surface area contributed by atoms with Crippen molar-refractivity contribution in [1.29, 1.82) is 0 Å². The van der Waals surface area contributed by atoms with E-state index in [0.29, 0.717) is 11.5 Å². The second-order valence-electron chi connectivity index (χ2n) is 2.62. The molecule has 1 aromatic heterocycles. The fraction of sp³-hybridized carbons (Fsp3) is 0.250. The molecule has 1 heterocycles. The molecule has 0 bridgehead atoms. The lowest BCUT2D eigenvalue weighted by Crippen LogP contribution is -2.37. The van der Waals surface area contributed by atoms with Gasteiger partial charge in [0.1, 0.15) is 11.3 Å². The number of nitrogens with zero attached hydrogens (tertiary/aromatic N) is 1. The minimum atomic E-state index is -0.928. The van der Waals surface area contributed by atoms with Crippen LogP contribution in [0.1, 0.15) is 16.1 Å². The predicted molar refractivity (Wildman–Crippen MR) is 43.7 cm³/mol. The first kappa shape index (κ1) is 8.52. The molecule has 0 radical (unpaired) electrons. The van der Waals surface area contributed by atoms with Gasteiger partial charge in [-0.05, 0) is 13.0 Å². The van der Waals surface area contributed by atoms with Gasteiger partial charge in [-0.2, -0.15) is 0 Å². The molecule has 4 heteroatoms. The van der Waals surface area contributed by atoms with Crippen LogP contribution in [-0.2, 0) is 7.05 Å². The third-order valence-electron chi connectivity index (χ3n) is 1.93. The van der Waals surface area contributed by atoms with Crippen molar-refractivity contribution in [3.63, 3.8) is 0 Å². The summed E-state index contributed by atoms with van der Waals surface area (Å²) in [6, 6.07) is 3.09. The number of hydrogen-bond donors (Lipinski definition) is 2. The van der Waals surface area contributed by atoms with Gasteiger partial charge in [0.15, 0.2) is 0 Å². The molecule has 0 unspecified atom stereocenters. The van der Waals surface area contributed by atoms with Crippen LogP contribution in [0, 0.1) is 6.92 Å². The maximum absolute atomic E-state index is 10.6. The summed E-state index contributed by atoms with van der Waals surface area (Å²) in [4.78, 5) is 10.6. The van der Waals surface area contributed by atoms with Crippen molar-refractivity contribution in [2.45, 2.75) is 6.92 Å². The topological polar surface area (TPSA) is 67.2 Å². The van der Waals surface area contributed by atoms with Gasteiger partial charge in [0.2, 0.25) is 0 Å². The zero-order chi connectivity index (χ0) is 9.30. The van der Waals surface area contributed by atoms with E-state index in [9.17, 15) is 4.79 Å². The number of hydrogen-bond acceptors (Lipinski definition) is 2. The zero-order valence-electron chi connectivity index (χ0n) is 7.03. The fourth-order valence-corrected chi connectivity index (χ4v) is 1.00. The number of carboxylic acid groups (broad SMARTS) is 1. The summed E-state index contributed by atoms with van der Waals surface area (Å²) in [5.41, 5.74) is 6.50. The first-order valence-electron chi connectivity index (χ1n) is 3.52. The molecule has 0 aliphatic rings. The molecular weight excluding hydrogens is 156 g/mol. The van der Waals surface area contributed by atoms with E-state index in [2.05, 4.69) is 0 Å². The number of nitrogens with two attached hydrogens (primary N) is 1. The monoisotopic (exact) mass is 167 g/mol. The molecule has 0 amide bonds. The second-order valence-corrected chi connectivity index (χ2v) is 2.62. The lowest BCUT2D eigenvalue weighted by Gasteiger charge is -2.02. The van der Waals surface area contributed by atoms with Crippen LogP contribution in [0.25, 0.3) is 0 Å². The molecule has 1 rings (SSSR count). The highest BCUT2D eigenvalue weighted by Crippen LogP contribution is 2.04. The number of carboxylic acids is 1. The molecular formula is C8H11N2O2+. The van der Waals surface area contributed by atoms with Gasteiger partial charge in [-0.1, -0.05) is 0 Å². The molecule has 1 aromatic rings. The maximum atomic E-state index is 10.6. The van der Waals surface area contributed by atoms with E-state index >= 15 is 0 Å². The number of aromatic carboxylic acids is 1. The van der Waals surface area contributed by atoms with Crippen molar-refractivity contribution in [2.75, 3.05) is 5.73 Å². The first-order chi connectivity index (χ1) is 5.54. The van der Waals surface area contributed by atoms with Crippen LogP contribution >= 0.6 is 0 Å². The van der Waals surface area contributed by atoms with E-state index in [0.717, 1.165) is 0 Å². The summed E-state index contributed by atoms with van der Waals surface area (Å²) < 4.78 is 1.64. The largest absolute Gasteiger partial charge is 0.478 e. The van der Waals surface area contributed by atoms with Gasteiger partial charge >= 0.3 is 5.97 Å². The highest BCUT2D eigenvalue weighted by atomic mass is 16.4. The zero-order valence-corrected chi connectivity index (χ0v) is 7.03. The Kier molecular flexibility index (Phi) is 1.99. The standard InChI is InChI=1S/C8H10N2O2/c1-5-6(8(11)12)3-4-7(9)10(5)2/h3-4,9H,1-2H3,(H,11,12)/p+1. The van der Waals surface area contributed by atoms with Crippen LogP contribution in [-0.4, -0.2) is 11.1 Å². The van der Waals surface area contributed by atoms with Crippen molar-refractivity contribution in [3.8, 4) is 0 Å². The van der Waals surface area contributed by atoms with Crippen LogP contribution in [0.3, 0.4) is 0 Å². The molecule has 64 valence electrons. The Hall–Kier alpha value is -1.58. The van der Waals surface area contributed by atoms with Crippen LogP contribution < -0.4 is 10.3 Å². The Balaban J connectivity index is 3.36. The Bertz CT molecular complexity index is 334. The summed E-state index contributed by atoms with van der Waals surface area (Å²) in [6.07, 6.45) is 0. The first-order valence-corrected chi connectivity index (χ1v) is 3.52. The van der Waals surface area contributed by atoms with Crippen LogP contribution in [0.2, 0.25) is 0 Å². The fourth-order valence-electron chi connectivity index (χ4n) is 1.00. The van der Waals surface area contributed by atoms with Crippen molar-refractivity contribution in [3.05, 3.63) is 23.4 Å². The van der Waals surface area contributed by atoms with E-state index in [1.165, 1.54) is 6.07 Å². The number of anilines is 1. The number of nitrogen functional groups attached to an aromatic ring is 1. The molecule has 0 fully saturated rings. The van der Waals surface area contributed by atoms with Crippen molar-refractivity contribution in [1.82, 2.24) is 0 Å². The SMILES string of the molecule is Cc1c(C(=O)O)ccc(N)[n+]1C. The Morgan fingerprint density at radius 3 is 2.67 bits per heavy atom. The van der Waals surface area contributed by atoms with Crippen molar-refractivity contribution in [2.24, 2.45) is 7.05 Å². The number of aromatic nitrogens is 1. The minimum Gasteiger partial charge on any atom is -0.478 e. The highest BCUT2D eigenvalue weighted by Gasteiger charge is 2.13. The van der Waals surface area contributed by atoms with E-state index in [-0.39, 0.29) is 5.56 Å². The molecule has 12 heavy (non-hydrogen) atoms. The van der Waals surface area contributed by atoms with Gasteiger partial charge < -0.3 is 5.11 Å². The molecule has 0 atom stereocenters. The Morgan fingerprint density at radius 1 is 1.58 bits per heavy atom. The third kappa shape index (κ3) is 1.23. The van der Waals surface area contributed by atoms with Crippen LogP contribution in [0.4, 0.5) is 5.82 Å². The van der Waals surface area contributed by atoms with Crippen LogP contribution in [0.15, 0.2) is 12.1 Å². The summed E-state index contributed by atoms with van der Waals surface area (Å²) in [5, 5.41) is 8.73. The highest BCUT2D eigenvalue weighted by molar-refractivity contribution is 5.88. The molecule has 0 saturated heterocycles. The number of carbonyl (C=O) groups is 1. The average molecular weight is 167 g/mol. The lowest BCUT2D eigenvalue weighted by atomic mass is 10.2. The van der Waals surface area contributed by atoms with Gasteiger partial charge in [-0.25, -0.2) is 9.36 Å². The smallest absolute Gasteiger partial charge is 0.339 e. The third-order valence-corrected chi connectivity index (χ3v) is 1.93. The van der Waals surface area contributed by atoms with Gasteiger partial charge in [-0.15, -0.1) is 0 Å². The van der Waals surface area contributed by atoms with E-state index in [4.69, 9.17) is 10.8 Å². The quantitative estimate of drug-likeness (QED) is 0.583. The molecule has 0 saturated carbocycles. The van der Waals surface area contributed by atoms with Gasteiger partial charge in [-0.3, -0.25) is 5.73 Å². The Morgan fingerprint density at radius 2 is 2.17 bits per heavy atom. The van der Waals surface area contributed by atoms with E-state index in [1.807, 2.05) is 0 Å². The van der Waals surface area contributed by atoms with Crippen molar-refractivity contribution >= 4 is 11.8 Å². The summed E-state index contributed by atoms with van der Waals surface area (Å²) in [6.45, 7) is 1.72. The predicted octanol–water partition coefficient (Wildman–Crippen LogP) is 0.0999. The van der Waals surface area contributed by atoms with Crippen LogP contribution in [0.5, 0.6) is 0 Å². The molecule has 0 aliphatic heterocycles. The summed E-state index contributed by atoms with van der Waals surface area (Å²) in [5.74, 6) is -0.374. The summed E-state index contributed by atoms with van der Waals surface area (Å²) in [7, 11) is 1.73. The molecule has 4 nitrogen and oxygen atoms in total. The molecule has 0 spiro atoms. The minimum absolute atomic E-state index is 0.284.